The Morgan fingerprint density at radius 2 is 2.30 bits per heavy atom. The molecule has 1 heterocycles. The molecule has 0 saturated carbocycles. The second-order valence-electron chi connectivity index (χ2n) is 4.90. The molecule has 3 amide bonds. The highest BCUT2D eigenvalue weighted by atomic mass is 16.2. The van der Waals surface area contributed by atoms with Gasteiger partial charge in [-0.05, 0) is 26.2 Å². The first kappa shape index (κ1) is 16.0. The molecular formula is C14H21N3O3. The Hall–Kier alpha value is -2.03. The Bertz CT molecular complexity index is 403. The molecule has 2 N–H and O–H groups in total. The average molecular weight is 279 g/mol. The van der Waals surface area contributed by atoms with Crippen molar-refractivity contribution in [3.05, 3.63) is 0 Å². The zero-order chi connectivity index (χ0) is 15.0. The Balaban J connectivity index is 2.51. The lowest BCUT2D eigenvalue weighted by atomic mass is 10.1. The van der Waals surface area contributed by atoms with Gasteiger partial charge >= 0.3 is 0 Å². The predicted octanol–water partition coefficient (Wildman–Crippen LogP) is -0.358. The highest BCUT2D eigenvalue weighted by Gasteiger charge is 2.34. The van der Waals surface area contributed by atoms with Crippen LogP contribution in [0.1, 0.15) is 32.6 Å². The molecule has 1 saturated heterocycles. The van der Waals surface area contributed by atoms with Crippen LogP contribution in [0, 0.1) is 12.3 Å². The molecule has 6 heteroatoms. The monoisotopic (exact) mass is 279 g/mol. The number of rotatable bonds is 7. The summed E-state index contributed by atoms with van der Waals surface area (Å²) in [5, 5.41) is 5.21. The number of amides is 3. The molecular weight excluding hydrogens is 258 g/mol. The summed E-state index contributed by atoms with van der Waals surface area (Å²) < 4.78 is 0. The van der Waals surface area contributed by atoms with Gasteiger partial charge < -0.3 is 15.5 Å². The molecule has 1 aliphatic rings. The first-order valence-electron chi connectivity index (χ1n) is 6.80. The van der Waals surface area contributed by atoms with Crippen molar-refractivity contribution >= 4 is 18.2 Å². The number of likely N-dealkylation sites (tertiary alicyclic amines) is 1. The van der Waals surface area contributed by atoms with Gasteiger partial charge in [0, 0.05) is 19.0 Å². The second-order valence-corrected chi connectivity index (χ2v) is 4.90. The Morgan fingerprint density at radius 1 is 1.55 bits per heavy atom. The van der Waals surface area contributed by atoms with Crippen molar-refractivity contribution in [2.24, 2.45) is 0 Å². The maximum absolute atomic E-state index is 12.2. The normalized spacial score (nSPS) is 19.0. The number of nitrogens with zero attached hydrogens (tertiary/aromatic N) is 1. The van der Waals surface area contributed by atoms with Gasteiger partial charge in [0.05, 0.1) is 6.54 Å². The van der Waals surface area contributed by atoms with Crippen LogP contribution in [0.3, 0.4) is 0 Å². The largest absolute Gasteiger partial charge is 0.352 e. The first-order chi connectivity index (χ1) is 9.60. The SMILES string of the molecule is C#CCCC(C)NC(=O)C1CCCN1C(=O)CNC=O. The van der Waals surface area contributed by atoms with Crippen molar-refractivity contribution in [3.63, 3.8) is 0 Å². The minimum Gasteiger partial charge on any atom is -0.352 e. The van der Waals surface area contributed by atoms with E-state index in [1.54, 1.807) is 0 Å². The highest BCUT2D eigenvalue weighted by Crippen LogP contribution is 2.17. The number of carbonyl (C=O) groups excluding carboxylic acids is 3. The number of carbonyl (C=O) groups is 3. The van der Waals surface area contributed by atoms with Gasteiger partial charge in [-0.15, -0.1) is 12.3 Å². The molecule has 0 radical (unpaired) electrons. The van der Waals surface area contributed by atoms with Crippen molar-refractivity contribution in [3.8, 4) is 12.3 Å². The highest BCUT2D eigenvalue weighted by molar-refractivity contribution is 5.89. The van der Waals surface area contributed by atoms with Gasteiger partial charge in [0.1, 0.15) is 6.04 Å². The molecule has 2 atom stereocenters. The van der Waals surface area contributed by atoms with E-state index in [-0.39, 0.29) is 24.4 Å². The third-order valence-corrected chi connectivity index (χ3v) is 3.32. The molecule has 1 fully saturated rings. The van der Waals surface area contributed by atoms with Crippen LogP contribution in [-0.4, -0.2) is 48.3 Å². The molecule has 0 bridgehead atoms. The zero-order valence-electron chi connectivity index (χ0n) is 11.7. The number of terminal acetylenes is 1. The van der Waals surface area contributed by atoms with Gasteiger partial charge in [-0.3, -0.25) is 14.4 Å². The van der Waals surface area contributed by atoms with E-state index in [1.807, 2.05) is 6.92 Å². The lowest BCUT2D eigenvalue weighted by Crippen LogP contribution is -2.50. The second kappa shape index (κ2) is 8.20. The molecule has 0 aromatic carbocycles. The lowest BCUT2D eigenvalue weighted by molar-refractivity contribution is -0.138. The van der Waals surface area contributed by atoms with E-state index in [0.29, 0.717) is 25.8 Å². The predicted molar refractivity (Wildman–Crippen MR) is 74.5 cm³/mol. The zero-order valence-corrected chi connectivity index (χ0v) is 11.7. The number of hydrogen-bond acceptors (Lipinski definition) is 3. The molecule has 6 nitrogen and oxygen atoms in total. The molecule has 2 unspecified atom stereocenters. The van der Waals surface area contributed by atoms with Crippen molar-refractivity contribution in [2.75, 3.05) is 13.1 Å². The van der Waals surface area contributed by atoms with E-state index < -0.39 is 6.04 Å². The van der Waals surface area contributed by atoms with Gasteiger partial charge in [0.15, 0.2) is 0 Å². The van der Waals surface area contributed by atoms with E-state index in [1.165, 1.54) is 4.90 Å². The van der Waals surface area contributed by atoms with Crippen LogP contribution < -0.4 is 10.6 Å². The van der Waals surface area contributed by atoms with E-state index >= 15 is 0 Å². The summed E-state index contributed by atoms with van der Waals surface area (Å²) >= 11 is 0. The van der Waals surface area contributed by atoms with Gasteiger partial charge in [0.2, 0.25) is 18.2 Å². The fourth-order valence-corrected chi connectivity index (χ4v) is 2.28. The molecule has 1 rings (SSSR count). The molecule has 1 aliphatic heterocycles. The minimum absolute atomic E-state index is 0.01000. The van der Waals surface area contributed by atoms with Crippen LogP contribution in [0.15, 0.2) is 0 Å². The fourth-order valence-electron chi connectivity index (χ4n) is 2.28. The van der Waals surface area contributed by atoms with Crippen LogP contribution in [0.2, 0.25) is 0 Å². The van der Waals surface area contributed by atoms with Crippen LogP contribution in [-0.2, 0) is 14.4 Å². The Morgan fingerprint density at radius 3 is 2.95 bits per heavy atom. The van der Waals surface area contributed by atoms with E-state index in [2.05, 4.69) is 16.6 Å². The van der Waals surface area contributed by atoms with E-state index in [9.17, 15) is 14.4 Å². The number of hydrogen-bond donors (Lipinski definition) is 2. The quantitative estimate of drug-likeness (QED) is 0.493. The fraction of sp³-hybridized carbons (Fsp3) is 0.643. The van der Waals surface area contributed by atoms with Gasteiger partial charge in [-0.25, -0.2) is 0 Å². The smallest absolute Gasteiger partial charge is 0.243 e. The van der Waals surface area contributed by atoms with E-state index in [4.69, 9.17) is 6.42 Å². The molecule has 0 aromatic rings. The summed E-state index contributed by atoms with van der Waals surface area (Å²) in [4.78, 5) is 35.8. The summed E-state index contributed by atoms with van der Waals surface area (Å²) in [7, 11) is 0. The molecule has 0 aliphatic carbocycles. The molecule has 0 aromatic heterocycles. The Labute approximate surface area is 119 Å². The van der Waals surface area contributed by atoms with Crippen LogP contribution >= 0.6 is 0 Å². The Kier molecular flexibility index (Phi) is 6.57. The summed E-state index contributed by atoms with van der Waals surface area (Å²) in [6, 6.07) is -0.451. The minimum atomic E-state index is -0.441. The van der Waals surface area contributed by atoms with E-state index in [0.717, 1.165) is 12.8 Å². The van der Waals surface area contributed by atoms with Crippen LogP contribution in [0.4, 0.5) is 0 Å². The lowest BCUT2D eigenvalue weighted by Gasteiger charge is -2.25. The summed E-state index contributed by atoms with van der Waals surface area (Å²) in [5.74, 6) is 2.16. The van der Waals surface area contributed by atoms with Crippen molar-refractivity contribution in [2.45, 2.75) is 44.7 Å². The maximum Gasteiger partial charge on any atom is 0.243 e. The van der Waals surface area contributed by atoms with Gasteiger partial charge in [0.25, 0.3) is 0 Å². The van der Waals surface area contributed by atoms with Crippen molar-refractivity contribution < 1.29 is 14.4 Å². The third kappa shape index (κ3) is 4.57. The maximum atomic E-state index is 12.2. The van der Waals surface area contributed by atoms with Crippen LogP contribution in [0.25, 0.3) is 0 Å². The van der Waals surface area contributed by atoms with Crippen LogP contribution in [0.5, 0.6) is 0 Å². The average Bonchev–Trinajstić information content (AvgIpc) is 2.91. The molecule has 110 valence electrons. The van der Waals surface area contributed by atoms with Gasteiger partial charge in [-0.1, -0.05) is 0 Å². The standard InChI is InChI=1S/C14H21N3O3/c1-3-4-6-11(2)16-14(20)12-7-5-8-17(12)13(19)9-15-10-18/h1,10-12H,4-9H2,2H3,(H,15,18)(H,16,20). The topological polar surface area (TPSA) is 78.5 Å². The van der Waals surface area contributed by atoms with Crippen molar-refractivity contribution in [1.29, 1.82) is 0 Å². The van der Waals surface area contributed by atoms with Gasteiger partial charge in [-0.2, -0.15) is 0 Å². The number of nitrogens with one attached hydrogen (secondary N) is 2. The summed E-state index contributed by atoms with van der Waals surface area (Å²) in [5.41, 5.74) is 0. The summed E-state index contributed by atoms with van der Waals surface area (Å²) in [6.45, 7) is 2.38. The van der Waals surface area contributed by atoms with Crippen molar-refractivity contribution in [1.82, 2.24) is 15.5 Å². The summed E-state index contributed by atoms with van der Waals surface area (Å²) in [6.07, 6.45) is 8.44. The molecule has 20 heavy (non-hydrogen) atoms. The molecule has 0 spiro atoms. The third-order valence-electron chi connectivity index (χ3n) is 3.32. The first-order valence-corrected chi connectivity index (χ1v) is 6.80.